The Morgan fingerprint density at radius 1 is 1.06 bits per heavy atom. The van der Waals surface area contributed by atoms with E-state index in [9.17, 15) is 28.2 Å². The fourth-order valence-electron chi connectivity index (χ4n) is 9.26. The Bertz CT molecular complexity index is 1890. The Kier molecular flexibility index (Phi) is 17.7. The van der Waals surface area contributed by atoms with E-state index >= 15 is 0 Å². The zero-order valence-electron chi connectivity index (χ0n) is 38.1. The standard InChI is InChI=1S/C43H64N6O10.CH3FS/c1-12-33-43(8)37(49(41(54)59-43)19-14-13-18-48-23-31(45-46-48)29-16-15-17-30(44)21-29)26(4)34(50)24(2)22-42(7,55-11)38(27(5)35(51)28(6)39(53)57-33)58-40-36(52)32(47(9)10)20-25(3)56-40;1-3-2/h13-17,21,23-28,32-33,36-38,40,52H,12,18-20,22,44H2,1-11H3;1H3/b14-13+;/t24-,25?,26+,27+,28+,32?,33-,36?,37-,38-,40+,42-,43-;/m1./s1. The number of likely N-dealkylation sites (N-methyl/N-ethyl adjacent to an activating group) is 1. The topological polar surface area (TPSA) is 198 Å². The number of rotatable bonds is 10. The molecule has 3 N–H and O–H groups in total. The van der Waals surface area contributed by atoms with E-state index in [0.717, 1.165) is 5.56 Å². The average Bonchev–Trinajstić information content (AvgIpc) is 3.81. The normalized spacial score (nSPS) is 35.0. The summed E-state index contributed by atoms with van der Waals surface area (Å²) in [5.74, 6) is -5.15. The third kappa shape index (κ3) is 11.2. The van der Waals surface area contributed by atoms with Crippen molar-refractivity contribution in [3.8, 4) is 11.3 Å². The molecule has 1 aromatic heterocycles. The summed E-state index contributed by atoms with van der Waals surface area (Å²) in [6.45, 7) is 14.2. The van der Waals surface area contributed by atoms with E-state index in [1.807, 2.05) is 50.2 Å². The minimum Gasteiger partial charge on any atom is -0.458 e. The molecule has 18 heteroatoms. The number of Topliss-reactive ketones (excluding diaryl/α,β-unsaturated/α-hetero) is 2. The van der Waals surface area contributed by atoms with Crippen LogP contribution in [0.15, 0.2) is 42.6 Å². The van der Waals surface area contributed by atoms with Crippen molar-refractivity contribution in [2.24, 2.45) is 23.7 Å². The number of carbonyl (C=O) groups is 4. The molecule has 3 fully saturated rings. The van der Waals surface area contributed by atoms with Crippen molar-refractivity contribution in [3.63, 3.8) is 0 Å². The molecule has 3 unspecified atom stereocenters. The fourth-order valence-corrected chi connectivity index (χ4v) is 9.26. The molecule has 1 aromatic carbocycles. The highest BCUT2D eigenvalue weighted by atomic mass is 32.2. The monoisotopic (exact) mass is 890 g/mol. The summed E-state index contributed by atoms with van der Waals surface area (Å²) in [4.78, 5) is 60.2. The van der Waals surface area contributed by atoms with Gasteiger partial charge in [0.25, 0.3) is 0 Å². The van der Waals surface area contributed by atoms with Gasteiger partial charge in [0.05, 0.1) is 36.6 Å². The lowest BCUT2D eigenvalue weighted by atomic mass is 9.73. The number of nitrogens with two attached hydrogens (primary N) is 1. The molecule has 0 aliphatic carbocycles. The Labute approximate surface area is 369 Å². The molecule has 4 heterocycles. The number of carbonyl (C=O) groups excluding carboxylic acids is 4. The molecule has 13 atom stereocenters. The molecule has 3 saturated heterocycles. The highest BCUT2D eigenvalue weighted by Gasteiger charge is 2.60. The van der Waals surface area contributed by atoms with Crippen LogP contribution in [0.1, 0.15) is 74.7 Å². The molecule has 0 radical (unpaired) electrons. The van der Waals surface area contributed by atoms with Gasteiger partial charge in [-0.25, -0.2) is 9.48 Å². The summed E-state index contributed by atoms with van der Waals surface area (Å²) in [6, 6.07) is 6.20. The number of methoxy groups -OCH3 is 1. The number of aromatic nitrogens is 3. The van der Waals surface area contributed by atoms with Gasteiger partial charge in [-0.05, 0) is 73.2 Å². The van der Waals surface area contributed by atoms with Gasteiger partial charge in [-0.3, -0.25) is 19.3 Å². The van der Waals surface area contributed by atoms with E-state index in [1.165, 1.54) is 25.2 Å². The summed E-state index contributed by atoms with van der Waals surface area (Å²) >= 11 is 0.250. The Hall–Kier alpha value is -3.94. The molecular formula is C44H67FN6O10S. The molecule has 3 aliphatic heterocycles. The Balaban J connectivity index is 0.00000273. The van der Waals surface area contributed by atoms with Crippen molar-refractivity contribution >= 4 is 41.5 Å². The number of cyclic esters (lactones) is 1. The van der Waals surface area contributed by atoms with Crippen LogP contribution >= 0.6 is 12.1 Å². The summed E-state index contributed by atoms with van der Waals surface area (Å²) in [5.41, 5.74) is 5.30. The number of hydrogen-bond acceptors (Lipinski definition) is 15. The summed E-state index contributed by atoms with van der Waals surface area (Å²) in [5, 5.41) is 19.9. The second-order valence-electron chi connectivity index (χ2n) is 17.4. The van der Waals surface area contributed by atoms with Gasteiger partial charge in [-0.1, -0.05) is 57.2 Å². The summed E-state index contributed by atoms with van der Waals surface area (Å²) < 4.78 is 43.0. The first kappa shape index (κ1) is 50.7. The number of fused-ring (bicyclic) bond motifs is 1. The number of esters is 1. The molecule has 2 aromatic rings. The molecule has 0 spiro atoms. The number of anilines is 1. The predicted octanol–water partition coefficient (Wildman–Crippen LogP) is 5.52. The number of nitrogen functional groups attached to an aromatic ring is 1. The highest BCUT2D eigenvalue weighted by molar-refractivity contribution is 7.93. The average molecular weight is 891 g/mol. The number of benzene rings is 1. The van der Waals surface area contributed by atoms with Crippen LogP contribution in [0.5, 0.6) is 0 Å². The zero-order chi connectivity index (χ0) is 46.3. The van der Waals surface area contributed by atoms with Gasteiger partial charge in [-0.15, -0.1) is 5.10 Å². The lowest BCUT2D eigenvalue weighted by molar-refractivity contribution is -0.295. The van der Waals surface area contributed by atoms with Crippen molar-refractivity contribution in [2.45, 2.75) is 135 Å². The smallest absolute Gasteiger partial charge is 0.411 e. The van der Waals surface area contributed by atoms with Crippen LogP contribution in [0, 0.1) is 23.7 Å². The third-order valence-corrected chi connectivity index (χ3v) is 12.6. The zero-order valence-corrected chi connectivity index (χ0v) is 39.0. The lowest BCUT2D eigenvalue weighted by Gasteiger charge is -2.47. The molecule has 3 aliphatic rings. The molecule has 0 bridgehead atoms. The number of hydrogen-bond donors (Lipinski definition) is 2. The van der Waals surface area contributed by atoms with E-state index in [0.29, 0.717) is 24.3 Å². The van der Waals surface area contributed by atoms with Gasteiger partial charge in [0.2, 0.25) is 0 Å². The van der Waals surface area contributed by atoms with E-state index in [2.05, 4.69) is 10.3 Å². The second-order valence-corrected chi connectivity index (χ2v) is 17.7. The molecule has 1 amide bonds. The largest absolute Gasteiger partial charge is 0.458 e. The van der Waals surface area contributed by atoms with Crippen LogP contribution in [0.4, 0.5) is 14.4 Å². The van der Waals surface area contributed by atoms with Gasteiger partial charge < -0.3 is 39.4 Å². The number of ether oxygens (including phenoxy) is 5. The van der Waals surface area contributed by atoms with E-state index < -0.39 is 83.4 Å². The maximum absolute atomic E-state index is 14.7. The van der Waals surface area contributed by atoms with Crippen molar-refractivity contribution < 1.29 is 51.9 Å². The van der Waals surface area contributed by atoms with Gasteiger partial charge >= 0.3 is 12.1 Å². The fraction of sp³-hybridized carbons (Fsp3) is 0.682. The van der Waals surface area contributed by atoms with Crippen LogP contribution in [-0.2, 0) is 44.6 Å². The molecule has 5 rings (SSSR count). The number of allylic oxidation sites excluding steroid dienone is 1. The number of nitrogens with zero attached hydrogens (tertiary/aromatic N) is 5. The van der Waals surface area contributed by atoms with Gasteiger partial charge in [0, 0.05) is 67.1 Å². The molecule has 62 heavy (non-hydrogen) atoms. The molecule has 0 saturated carbocycles. The number of ketones is 2. The van der Waals surface area contributed by atoms with Crippen molar-refractivity contribution in [1.29, 1.82) is 0 Å². The van der Waals surface area contributed by atoms with Crippen LogP contribution in [0.25, 0.3) is 11.3 Å². The first-order valence-electron chi connectivity index (χ1n) is 21.2. The second kappa shape index (κ2) is 21.6. The van der Waals surface area contributed by atoms with Crippen molar-refractivity contribution in [1.82, 2.24) is 24.8 Å². The minimum absolute atomic E-state index is 0.0838. The molecular weight excluding hydrogens is 824 g/mol. The van der Waals surface area contributed by atoms with E-state index in [4.69, 9.17) is 29.4 Å². The van der Waals surface area contributed by atoms with Crippen LogP contribution < -0.4 is 5.73 Å². The lowest BCUT2D eigenvalue weighted by Crippen LogP contribution is -2.60. The van der Waals surface area contributed by atoms with E-state index in [1.54, 1.807) is 64.6 Å². The quantitative estimate of drug-likeness (QED) is 0.131. The highest BCUT2D eigenvalue weighted by Crippen LogP contribution is 2.43. The maximum Gasteiger partial charge on any atom is 0.411 e. The first-order chi connectivity index (χ1) is 29.2. The molecule has 16 nitrogen and oxygen atoms in total. The SMILES string of the molecule is CC[C@H]1OC(=O)[C@@H](C)C(=O)[C@H](C)[C@@H](O[C@@H]2OC(C)CC(N(C)C)C2O)[C@](C)(OC)C[C@@H](C)C(=O)[C@H](C)[C@H]2N(C/C=C/Cn3cc(-c4cccc(N)c4)nn3)C(=O)O[C@]12C.CSF. The van der Waals surface area contributed by atoms with Crippen LogP contribution in [-0.4, -0.2) is 142 Å². The first-order valence-corrected chi connectivity index (χ1v) is 22.3. The number of aliphatic hydroxyl groups is 1. The van der Waals surface area contributed by atoms with Gasteiger partial charge in [0.1, 0.15) is 29.6 Å². The van der Waals surface area contributed by atoms with Gasteiger partial charge in [0.15, 0.2) is 17.7 Å². The molecule has 346 valence electrons. The predicted molar refractivity (Wildman–Crippen MR) is 233 cm³/mol. The van der Waals surface area contributed by atoms with Crippen molar-refractivity contribution in [2.75, 3.05) is 39.7 Å². The number of halogens is 1. The third-order valence-electron chi connectivity index (χ3n) is 12.6. The number of aliphatic hydroxyl groups excluding tert-OH is 1. The maximum atomic E-state index is 14.7. The minimum atomic E-state index is -1.45. The van der Waals surface area contributed by atoms with Crippen LogP contribution in [0.3, 0.4) is 0 Å². The summed E-state index contributed by atoms with van der Waals surface area (Å²) in [7, 11) is 5.21. The summed E-state index contributed by atoms with van der Waals surface area (Å²) in [6.07, 6.45) is 2.52. The Morgan fingerprint density at radius 3 is 2.34 bits per heavy atom. The van der Waals surface area contributed by atoms with E-state index in [-0.39, 0.29) is 49.5 Å². The van der Waals surface area contributed by atoms with Gasteiger partial charge in [-0.2, -0.15) is 3.89 Å². The van der Waals surface area contributed by atoms with Crippen molar-refractivity contribution in [3.05, 3.63) is 42.6 Å². The number of amides is 1. The van der Waals surface area contributed by atoms with Crippen LogP contribution in [0.2, 0.25) is 0 Å². The Morgan fingerprint density at radius 2 is 1.73 bits per heavy atom.